The Kier molecular flexibility index (Phi) is 12.6. The van der Waals surface area contributed by atoms with Crippen molar-refractivity contribution in [3.8, 4) is 22.3 Å². The van der Waals surface area contributed by atoms with Crippen LogP contribution in [-0.4, -0.2) is 6.85 Å². The van der Waals surface area contributed by atoms with E-state index in [0.29, 0.717) is 0 Å². The number of benzene rings is 10. The zero-order valence-corrected chi connectivity index (χ0v) is 52.3. The lowest BCUT2D eigenvalue weighted by Crippen LogP contribution is -2.61. The van der Waals surface area contributed by atoms with Crippen molar-refractivity contribution >= 4 is 109 Å². The van der Waals surface area contributed by atoms with Crippen LogP contribution in [0.1, 0.15) is 111 Å². The first-order valence-electron chi connectivity index (χ1n) is 29.8. The molecule has 1 aromatic heterocycles. The van der Waals surface area contributed by atoms with E-state index in [0.717, 1.165) is 61.8 Å². The molecular weight excluding hydrogens is 1060 g/mol. The minimum atomic E-state index is -0.270. The van der Waals surface area contributed by atoms with Crippen molar-refractivity contribution in [2.24, 2.45) is 0 Å². The third-order valence-electron chi connectivity index (χ3n) is 17.6. The molecule has 0 amide bonds. The molecule has 4 nitrogen and oxygen atoms in total. The number of para-hydroxylation sites is 1. The zero-order chi connectivity index (χ0) is 58.4. The van der Waals surface area contributed by atoms with Crippen LogP contribution in [0.3, 0.4) is 0 Å². The van der Waals surface area contributed by atoms with Crippen LogP contribution in [-0.2, 0) is 21.7 Å². The first-order chi connectivity index (χ1) is 40.1. The Morgan fingerprint density at radius 1 is 0.405 bits per heavy atom. The molecule has 0 spiro atoms. The molecule has 3 aliphatic rings. The third-order valence-corrected chi connectivity index (χ3v) is 20.2. The Bertz CT molecular complexity index is 4380. The quantitative estimate of drug-likeness (QED) is 0.154. The minimum Gasteiger partial charge on any atom is -0.456 e. The maximum Gasteiger partial charge on any atom is 0.333 e. The van der Waals surface area contributed by atoms with E-state index in [1.54, 1.807) is 0 Å². The van der Waals surface area contributed by atoms with E-state index in [1.165, 1.54) is 86.3 Å². The van der Waals surface area contributed by atoms with Gasteiger partial charge in [0.05, 0.1) is 5.69 Å². The molecule has 0 aliphatic carbocycles. The van der Waals surface area contributed by atoms with Gasteiger partial charge in [-0.25, -0.2) is 0 Å². The van der Waals surface area contributed by atoms with E-state index in [2.05, 4.69) is 305 Å². The van der Waals surface area contributed by atoms with E-state index in [1.807, 2.05) is 23.5 Å². The number of hydrogen-bond acceptors (Lipinski definition) is 6. The molecule has 4 heterocycles. The highest BCUT2D eigenvalue weighted by Gasteiger charge is 2.48. The van der Waals surface area contributed by atoms with Crippen LogP contribution in [0.25, 0.3) is 44.2 Å². The Morgan fingerprint density at radius 3 is 1.55 bits per heavy atom. The van der Waals surface area contributed by atoms with Gasteiger partial charge < -0.3 is 19.0 Å². The second-order valence-corrected chi connectivity index (χ2v) is 29.7. The number of anilines is 8. The number of hydrogen-bond donors (Lipinski definition) is 0. The van der Waals surface area contributed by atoms with Gasteiger partial charge >= 0.3 is 6.85 Å². The second kappa shape index (κ2) is 19.6. The van der Waals surface area contributed by atoms with Crippen molar-refractivity contribution < 1.29 is 4.42 Å². The van der Waals surface area contributed by atoms with E-state index in [4.69, 9.17) is 4.42 Å². The number of fused-ring (bicyclic) bond motifs is 10. The van der Waals surface area contributed by atoms with Crippen LogP contribution in [0.2, 0.25) is 0 Å². The summed E-state index contributed by atoms with van der Waals surface area (Å²) in [5.74, 6) is 0. The molecule has 84 heavy (non-hydrogen) atoms. The Hall–Kier alpha value is -7.84. The Morgan fingerprint density at radius 2 is 0.940 bits per heavy atom. The van der Waals surface area contributed by atoms with Crippen molar-refractivity contribution in [3.05, 3.63) is 228 Å². The average molecular weight is 1130 g/mol. The summed E-state index contributed by atoms with van der Waals surface area (Å²) in [4.78, 5) is 12.9. The summed E-state index contributed by atoms with van der Waals surface area (Å²) in [6.07, 6.45) is 0. The van der Waals surface area contributed by atoms with Gasteiger partial charge in [-0.05, 0) is 163 Å². The molecule has 7 heteroatoms. The van der Waals surface area contributed by atoms with Gasteiger partial charge in [-0.2, -0.15) is 0 Å². The first kappa shape index (κ1) is 54.1. The number of furan rings is 1. The monoisotopic (exact) mass is 1130 g/mol. The predicted octanol–water partition coefficient (Wildman–Crippen LogP) is 21.5. The van der Waals surface area contributed by atoms with Gasteiger partial charge in [-0.3, -0.25) is 0 Å². The van der Waals surface area contributed by atoms with Gasteiger partial charge in [0.1, 0.15) is 11.2 Å². The molecule has 11 aromatic rings. The largest absolute Gasteiger partial charge is 0.456 e. The maximum absolute atomic E-state index is 7.18. The number of aryl methyl sites for hydroxylation is 1. The molecule has 0 fully saturated rings. The minimum absolute atomic E-state index is 0.00393. The second-order valence-electron chi connectivity index (χ2n) is 27.5. The van der Waals surface area contributed by atoms with E-state index in [-0.39, 0.29) is 28.5 Å². The molecular formula is C77H72BN3OS2. The Balaban J connectivity index is 1.12. The lowest BCUT2D eigenvalue weighted by molar-refractivity contribution is 0.589. The average Bonchev–Trinajstić information content (AvgIpc) is 1.08. The summed E-state index contributed by atoms with van der Waals surface area (Å²) >= 11 is 3.78. The van der Waals surface area contributed by atoms with Gasteiger partial charge in [0.15, 0.2) is 0 Å². The topological polar surface area (TPSA) is 22.9 Å². The van der Waals surface area contributed by atoms with Crippen molar-refractivity contribution in [2.75, 3.05) is 14.6 Å². The summed E-state index contributed by atoms with van der Waals surface area (Å²) in [5, 5.41) is 2.25. The SMILES string of the molecule is Cc1cc(C(C)(C)C)ccc1N1B2c3cc4c(cc3N(c3ccc(C(C)(C)C)cc3-c3ccccc3)c3cc5oc6ccccc6c5c(c32)-c2ccc(N(c3ccc(C(C)(C)C)cc3)c3ccc(C(C)(C)C)cc3)cc21)Sc1ccccc1S4. The fourth-order valence-corrected chi connectivity index (χ4v) is 15.3. The summed E-state index contributed by atoms with van der Waals surface area (Å²) in [6, 6.07) is 76.3. The van der Waals surface area contributed by atoms with Crippen molar-refractivity contribution in [1.82, 2.24) is 0 Å². The van der Waals surface area contributed by atoms with Crippen LogP contribution in [0.15, 0.2) is 224 Å². The van der Waals surface area contributed by atoms with E-state index in [9.17, 15) is 0 Å². The Labute approximate surface area is 506 Å². The highest BCUT2D eigenvalue weighted by atomic mass is 32.2. The van der Waals surface area contributed by atoms with Crippen LogP contribution < -0.4 is 25.5 Å². The summed E-state index contributed by atoms with van der Waals surface area (Å²) in [5.41, 5.74) is 24.4. The summed E-state index contributed by atoms with van der Waals surface area (Å²) in [6.45, 7) is 29.8. The van der Waals surface area contributed by atoms with Crippen molar-refractivity contribution in [3.63, 3.8) is 0 Å². The molecule has 0 saturated heterocycles. The third kappa shape index (κ3) is 9.07. The molecule has 14 rings (SSSR count). The van der Waals surface area contributed by atoms with Gasteiger partial charge in [0.2, 0.25) is 0 Å². The van der Waals surface area contributed by atoms with Crippen molar-refractivity contribution in [1.29, 1.82) is 0 Å². The van der Waals surface area contributed by atoms with Gasteiger partial charge in [0, 0.05) is 87.4 Å². The fourth-order valence-electron chi connectivity index (χ4n) is 13.0. The van der Waals surface area contributed by atoms with E-state index < -0.39 is 0 Å². The van der Waals surface area contributed by atoms with Gasteiger partial charge in [-0.1, -0.05) is 216 Å². The standard InChI is InChI=1S/C77H72BN3OS2/c1-47-41-51(76(8,9)10)31-39-60(47)81-62-43-55(79(53-33-27-49(28-34-53)74(2,3)4)54-35-29-50(30-36-54)75(5,6)7)37-38-56(62)72-71-57-23-17-18-24-65(57)82-66(71)45-64-73(72)78(81)59-44-69-70(84-68-26-20-19-25-67(68)83-69)46-63(59)80(64)61-40-32-52(77(11,12)13)42-58(61)48-21-15-14-16-22-48/h14-46H,1-13H3. The van der Waals surface area contributed by atoms with Crippen LogP contribution in [0.4, 0.5) is 45.5 Å². The van der Waals surface area contributed by atoms with Gasteiger partial charge in [0.25, 0.3) is 0 Å². The molecule has 10 aromatic carbocycles. The smallest absolute Gasteiger partial charge is 0.333 e. The molecule has 0 saturated carbocycles. The normalized spacial score (nSPS) is 13.8. The maximum atomic E-state index is 7.18. The van der Waals surface area contributed by atoms with Crippen LogP contribution >= 0.6 is 23.5 Å². The molecule has 3 aliphatic heterocycles. The molecule has 0 atom stereocenters. The van der Waals surface area contributed by atoms with Crippen LogP contribution in [0.5, 0.6) is 0 Å². The van der Waals surface area contributed by atoms with Crippen LogP contribution in [0, 0.1) is 6.92 Å². The molecule has 416 valence electrons. The fraction of sp³-hybridized carbons (Fsp3) is 0.221. The molecule has 0 radical (unpaired) electrons. The highest BCUT2D eigenvalue weighted by Crippen LogP contribution is 2.56. The lowest BCUT2D eigenvalue weighted by atomic mass is 9.43. The highest BCUT2D eigenvalue weighted by molar-refractivity contribution is 8.05. The van der Waals surface area contributed by atoms with Crippen molar-refractivity contribution in [2.45, 2.75) is 131 Å². The zero-order valence-electron chi connectivity index (χ0n) is 50.7. The summed E-state index contributed by atoms with van der Waals surface area (Å²) < 4.78 is 7.18. The number of nitrogens with zero attached hydrogens (tertiary/aromatic N) is 3. The lowest BCUT2D eigenvalue weighted by Gasteiger charge is -2.47. The predicted molar refractivity (Wildman–Crippen MR) is 362 cm³/mol. The number of rotatable bonds is 6. The summed E-state index contributed by atoms with van der Waals surface area (Å²) in [7, 11) is 0. The molecule has 0 bridgehead atoms. The first-order valence-corrected chi connectivity index (χ1v) is 31.4. The molecule has 0 unspecified atom stereocenters. The van der Waals surface area contributed by atoms with Gasteiger partial charge in [-0.15, -0.1) is 0 Å². The molecule has 0 N–H and O–H groups in total. The van der Waals surface area contributed by atoms with E-state index >= 15 is 0 Å².